The fourth-order valence-corrected chi connectivity index (χ4v) is 4.05. The van der Waals surface area contributed by atoms with Crippen LogP contribution in [0.2, 0.25) is 0 Å². The topological polar surface area (TPSA) is 59.3 Å². The number of hydrogen-bond donors (Lipinski definition) is 1. The fraction of sp³-hybridized carbons (Fsp3) is 0.192. The van der Waals surface area contributed by atoms with Gasteiger partial charge in [-0.2, -0.15) is 10.2 Å². The van der Waals surface area contributed by atoms with Gasteiger partial charge in [-0.05, 0) is 40.1 Å². The number of benzene rings is 2. The van der Waals surface area contributed by atoms with Gasteiger partial charge in [-0.1, -0.05) is 69.3 Å². The third-order valence-electron chi connectivity index (χ3n) is 5.10. The summed E-state index contributed by atoms with van der Waals surface area (Å²) < 4.78 is 1.83. The van der Waals surface area contributed by atoms with Crippen molar-refractivity contribution in [2.45, 2.75) is 32.6 Å². The lowest BCUT2D eigenvalue weighted by Gasteiger charge is -2.19. The number of para-hydroxylation sites is 1. The molecular weight excluding hydrogens is 416 g/mol. The van der Waals surface area contributed by atoms with Crippen molar-refractivity contribution in [1.29, 1.82) is 0 Å². The van der Waals surface area contributed by atoms with Crippen LogP contribution in [-0.2, 0) is 16.6 Å². The Morgan fingerprint density at radius 2 is 1.81 bits per heavy atom. The Morgan fingerprint density at radius 1 is 1.06 bits per heavy atom. The highest BCUT2D eigenvalue weighted by Gasteiger charge is 2.14. The molecule has 0 fully saturated rings. The fourth-order valence-electron chi connectivity index (χ4n) is 3.32. The average Bonchev–Trinajstić information content (AvgIpc) is 3.44. The minimum atomic E-state index is -0.155. The second-order valence-electron chi connectivity index (χ2n) is 8.61. The Balaban J connectivity index is 1.47. The van der Waals surface area contributed by atoms with E-state index < -0.39 is 0 Å². The molecule has 0 unspecified atom stereocenters. The molecule has 0 bridgehead atoms. The summed E-state index contributed by atoms with van der Waals surface area (Å²) in [4.78, 5) is 13.4. The molecule has 32 heavy (non-hydrogen) atoms. The second kappa shape index (κ2) is 9.32. The van der Waals surface area contributed by atoms with Gasteiger partial charge in [0.2, 0.25) is 5.91 Å². The minimum Gasteiger partial charge on any atom is -0.273 e. The first-order valence-electron chi connectivity index (χ1n) is 10.5. The highest BCUT2D eigenvalue weighted by atomic mass is 32.1. The normalized spacial score (nSPS) is 11.7. The number of nitrogens with one attached hydrogen (secondary N) is 1. The number of thiophene rings is 1. The summed E-state index contributed by atoms with van der Waals surface area (Å²) in [5, 5.41) is 11.0. The Labute approximate surface area is 192 Å². The molecule has 0 aliphatic rings. The summed E-state index contributed by atoms with van der Waals surface area (Å²) in [6.07, 6.45) is 3.86. The summed E-state index contributed by atoms with van der Waals surface area (Å²) in [5.41, 5.74) is 7.58. The van der Waals surface area contributed by atoms with Crippen LogP contribution in [0.1, 0.15) is 37.5 Å². The molecule has 2 heterocycles. The molecule has 0 aliphatic heterocycles. The second-order valence-corrected chi connectivity index (χ2v) is 9.56. The smallest absolute Gasteiger partial charge is 0.244 e. The summed E-state index contributed by atoms with van der Waals surface area (Å²) in [5.74, 6) is -0.155. The SMILES string of the molecule is CC(C)(C)c1ccc(CC(=O)N/N=C\c2cn(-c3ccccc3)nc2-c2cccs2)cc1. The molecule has 0 spiro atoms. The molecule has 0 saturated heterocycles. The Hall–Kier alpha value is -3.51. The molecule has 5 nitrogen and oxygen atoms in total. The largest absolute Gasteiger partial charge is 0.273 e. The predicted molar refractivity (Wildman–Crippen MR) is 131 cm³/mol. The van der Waals surface area contributed by atoms with E-state index >= 15 is 0 Å². The zero-order valence-corrected chi connectivity index (χ0v) is 19.3. The average molecular weight is 443 g/mol. The molecule has 0 aliphatic carbocycles. The van der Waals surface area contributed by atoms with Crippen molar-refractivity contribution < 1.29 is 4.79 Å². The van der Waals surface area contributed by atoms with Crippen LogP contribution in [-0.4, -0.2) is 21.9 Å². The molecule has 4 rings (SSSR count). The summed E-state index contributed by atoms with van der Waals surface area (Å²) >= 11 is 1.62. The van der Waals surface area contributed by atoms with Crippen molar-refractivity contribution in [3.8, 4) is 16.3 Å². The molecule has 0 saturated carbocycles. The van der Waals surface area contributed by atoms with Gasteiger partial charge in [0.1, 0.15) is 5.69 Å². The van der Waals surface area contributed by atoms with Gasteiger partial charge in [-0.25, -0.2) is 10.1 Å². The molecule has 4 aromatic rings. The van der Waals surface area contributed by atoms with Crippen LogP contribution in [0.25, 0.3) is 16.3 Å². The van der Waals surface area contributed by atoms with E-state index in [-0.39, 0.29) is 17.7 Å². The van der Waals surface area contributed by atoms with Gasteiger partial charge >= 0.3 is 0 Å². The van der Waals surface area contributed by atoms with Crippen LogP contribution in [0.5, 0.6) is 0 Å². The zero-order valence-electron chi connectivity index (χ0n) is 18.4. The van der Waals surface area contributed by atoms with Crippen molar-refractivity contribution >= 4 is 23.5 Å². The van der Waals surface area contributed by atoms with Crippen molar-refractivity contribution in [3.05, 3.63) is 95.0 Å². The number of aromatic nitrogens is 2. The molecule has 1 amide bonds. The van der Waals surface area contributed by atoms with E-state index in [0.29, 0.717) is 0 Å². The molecule has 0 atom stereocenters. The first kappa shape index (κ1) is 21.7. The van der Waals surface area contributed by atoms with Crippen LogP contribution in [0.3, 0.4) is 0 Å². The Kier molecular flexibility index (Phi) is 6.32. The lowest BCUT2D eigenvalue weighted by Crippen LogP contribution is -2.20. The standard InChI is InChI=1S/C26H26N4OS/c1-26(2,3)21-13-11-19(12-14-21)16-24(31)28-27-17-20-18-30(22-8-5-4-6-9-22)29-25(20)23-10-7-15-32-23/h4-15,17-18H,16H2,1-3H3,(H,28,31)/b27-17-. The van der Waals surface area contributed by atoms with Gasteiger partial charge in [0, 0.05) is 11.8 Å². The van der Waals surface area contributed by atoms with E-state index in [0.717, 1.165) is 27.4 Å². The summed E-state index contributed by atoms with van der Waals surface area (Å²) in [6.45, 7) is 6.52. The monoisotopic (exact) mass is 442 g/mol. The lowest BCUT2D eigenvalue weighted by atomic mass is 9.86. The predicted octanol–water partition coefficient (Wildman–Crippen LogP) is 5.59. The molecule has 2 aromatic carbocycles. The molecule has 162 valence electrons. The van der Waals surface area contributed by atoms with Gasteiger partial charge in [-0.3, -0.25) is 4.79 Å². The van der Waals surface area contributed by atoms with Gasteiger partial charge in [0.25, 0.3) is 0 Å². The number of carbonyl (C=O) groups excluding carboxylic acids is 1. The molecule has 6 heteroatoms. The van der Waals surface area contributed by atoms with Crippen molar-refractivity contribution in [2.75, 3.05) is 0 Å². The number of hydrazone groups is 1. The van der Waals surface area contributed by atoms with Crippen LogP contribution >= 0.6 is 11.3 Å². The first-order valence-corrected chi connectivity index (χ1v) is 11.4. The number of amides is 1. The quantitative estimate of drug-likeness (QED) is 0.312. The third-order valence-corrected chi connectivity index (χ3v) is 5.97. The van der Waals surface area contributed by atoms with E-state index in [1.807, 2.05) is 70.9 Å². The molecule has 0 radical (unpaired) electrons. The highest BCUT2D eigenvalue weighted by Crippen LogP contribution is 2.27. The number of hydrogen-bond acceptors (Lipinski definition) is 4. The maximum absolute atomic E-state index is 12.4. The molecular formula is C26H26N4OS. The maximum atomic E-state index is 12.4. The third kappa shape index (κ3) is 5.21. The maximum Gasteiger partial charge on any atom is 0.244 e. The minimum absolute atomic E-state index is 0.0928. The number of carbonyl (C=O) groups is 1. The van der Waals surface area contributed by atoms with E-state index in [2.05, 4.69) is 43.4 Å². The van der Waals surface area contributed by atoms with E-state index in [9.17, 15) is 4.79 Å². The zero-order chi connectivity index (χ0) is 22.6. The van der Waals surface area contributed by atoms with Gasteiger partial charge in [0.15, 0.2) is 0 Å². The van der Waals surface area contributed by atoms with Crippen LogP contribution in [0.4, 0.5) is 0 Å². The van der Waals surface area contributed by atoms with Crippen molar-refractivity contribution in [3.63, 3.8) is 0 Å². The summed E-state index contributed by atoms with van der Waals surface area (Å²) in [6, 6.07) is 22.1. The van der Waals surface area contributed by atoms with Gasteiger partial charge in [-0.15, -0.1) is 11.3 Å². The van der Waals surface area contributed by atoms with Crippen molar-refractivity contribution in [2.24, 2.45) is 5.10 Å². The van der Waals surface area contributed by atoms with Crippen LogP contribution in [0, 0.1) is 0 Å². The molecule has 2 aromatic heterocycles. The van der Waals surface area contributed by atoms with Crippen molar-refractivity contribution in [1.82, 2.24) is 15.2 Å². The Morgan fingerprint density at radius 3 is 2.47 bits per heavy atom. The number of nitrogens with zero attached hydrogens (tertiary/aromatic N) is 3. The van der Waals surface area contributed by atoms with Crippen LogP contribution < -0.4 is 5.43 Å². The lowest BCUT2D eigenvalue weighted by molar-refractivity contribution is -0.120. The highest BCUT2D eigenvalue weighted by molar-refractivity contribution is 7.13. The Bertz CT molecular complexity index is 1200. The van der Waals surface area contributed by atoms with E-state index in [4.69, 9.17) is 5.10 Å². The van der Waals surface area contributed by atoms with Crippen LogP contribution in [0.15, 0.2) is 83.4 Å². The van der Waals surface area contributed by atoms with Gasteiger partial charge < -0.3 is 0 Å². The van der Waals surface area contributed by atoms with E-state index in [1.54, 1.807) is 17.6 Å². The van der Waals surface area contributed by atoms with Gasteiger partial charge in [0.05, 0.1) is 23.2 Å². The number of rotatable bonds is 6. The first-order chi connectivity index (χ1) is 15.4. The molecule has 1 N–H and O–H groups in total. The summed E-state index contributed by atoms with van der Waals surface area (Å²) in [7, 11) is 0. The van der Waals surface area contributed by atoms with E-state index in [1.165, 1.54) is 5.56 Å².